The Morgan fingerprint density at radius 3 is 2.62 bits per heavy atom. The largest absolute Gasteiger partial charge is 0.298 e. The summed E-state index contributed by atoms with van der Waals surface area (Å²) in [5.41, 5.74) is 1.89. The minimum atomic E-state index is -0.576. The fourth-order valence-corrected chi connectivity index (χ4v) is 1.76. The lowest BCUT2D eigenvalue weighted by Gasteiger charge is -2.09. The predicted octanol–water partition coefficient (Wildman–Crippen LogP) is 3.15. The maximum Gasteiger partial charge on any atom is 0.152 e. The monoisotopic (exact) mass is 214 g/mol. The van der Waals surface area contributed by atoms with E-state index >= 15 is 0 Å². The van der Waals surface area contributed by atoms with Crippen molar-refractivity contribution in [3.05, 3.63) is 29.3 Å². The molecule has 0 radical (unpaired) electrons. The number of aryl methyl sites for hydroxylation is 1. The van der Waals surface area contributed by atoms with Crippen LogP contribution in [-0.2, 0) is 4.79 Å². The van der Waals surface area contributed by atoms with Gasteiger partial charge in [-0.2, -0.15) is 0 Å². The molecule has 0 fully saturated rings. The molecular formula is C10H11ClOS. The molecule has 0 aromatic heterocycles. The van der Waals surface area contributed by atoms with Gasteiger partial charge in [0.1, 0.15) is 5.38 Å². The third kappa shape index (κ3) is 2.48. The molecule has 0 spiro atoms. The molecule has 0 amide bonds. The first-order valence-electron chi connectivity index (χ1n) is 3.96. The summed E-state index contributed by atoms with van der Waals surface area (Å²) in [6.45, 7) is 3.45. The fraction of sp³-hybridized carbons (Fsp3) is 0.300. The predicted molar refractivity (Wildman–Crippen MR) is 57.7 cm³/mol. The van der Waals surface area contributed by atoms with Crippen molar-refractivity contribution in [1.29, 1.82) is 0 Å². The lowest BCUT2D eigenvalue weighted by molar-refractivity contribution is -0.116. The van der Waals surface area contributed by atoms with Gasteiger partial charge < -0.3 is 0 Å². The van der Waals surface area contributed by atoms with Crippen LogP contribution in [0.2, 0.25) is 0 Å². The summed E-state index contributed by atoms with van der Waals surface area (Å²) < 4.78 is 0. The van der Waals surface area contributed by atoms with E-state index in [-0.39, 0.29) is 5.78 Å². The highest BCUT2D eigenvalue weighted by Gasteiger charge is 2.15. The van der Waals surface area contributed by atoms with Crippen LogP contribution in [0.25, 0.3) is 0 Å². The molecular weight excluding hydrogens is 204 g/mol. The summed E-state index contributed by atoms with van der Waals surface area (Å²) in [7, 11) is 0. The van der Waals surface area contributed by atoms with Crippen molar-refractivity contribution in [3.8, 4) is 0 Å². The summed E-state index contributed by atoms with van der Waals surface area (Å²) >= 11 is 10.2. The number of hydrogen-bond acceptors (Lipinski definition) is 2. The van der Waals surface area contributed by atoms with Crippen LogP contribution in [0.15, 0.2) is 23.1 Å². The molecule has 0 heterocycles. The molecule has 3 heteroatoms. The molecule has 13 heavy (non-hydrogen) atoms. The van der Waals surface area contributed by atoms with Gasteiger partial charge in [-0.15, -0.1) is 24.2 Å². The molecule has 1 unspecified atom stereocenters. The fourth-order valence-electron chi connectivity index (χ4n) is 1.09. The van der Waals surface area contributed by atoms with Gasteiger partial charge in [0.25, 0.3) is 0 Å². The van der Waals surface area contributed by atoms with Crippen LogP contribution in [0.1, 0.15) is 23.4 Å². The average molecular weight is 215 g/mol. The van der Waals surface area contributed by atoms with Gasteiger partial charge in [0.15, 0.2) is 5.78 Å². The maximum atomic E-state index is 11.0. The van der Waals surface area contributed by atoms with Gasteiger partial charge in [-0.25, -0.2) is 0 Å². The van der Waals surface area contributed by atoms with Crippen molar-refractivity contribution < 1.29 is 4.79 Å². The first kappa shape index (κ1) is 10.6. The summed E-state index contributed by atoms with van der Waals surface area (Å²) in [5, 5.41) is -0.576. The molecule has 0 aliphatic rings. The van der Waals surface area contributed by atoms with Crippen molar-refractivity contribution in [1.82, 2.24) is 0 Å². The van der Waals surface area contributed by atoms with Gasteiger partial charge in [0.2, 0.25) is 0 Å². The summed E-state index contributed by atoms with van der Waals surface area (Å²) in [6.07, 6.45) is 0. The highest BCUT2D eigenvalue weighted by Crippen LogP contribution is 2.27. The highest BCUT2D eigenvalue weighted by molar-refractivity contribution is 7.80. The normalized spacial score (nSPS) is 12.6. The van der Waals surface area contributed by atoms with Crippen molar-refractivity contribution >= 4 is 30.0 Å². The van der Waals surface area contributed by atoms with Gasteiger partial charge in [-0.1, -0.05) is 17.7 Å². The van der Waals surface area contributed by atoms with E-state index in [1.54, 1.807) is 0 Å². The van der Waals surface area contributed by atoms with Crippen molar-refractivity contribution in [2.75, 3.05) is 0 Å². The topological polar surface area (TPSA) is 17.1 Å². The first-order chi connectivity index (χ1) is 6.02. The molecule has 0 aliphatic carbocycles. The second kappa shape index (κ2) is 4.16. The zero-order valence-electron chi connectivity index (χ0n) is 7.54. The van der Waals surface area contributed by atoms with Gasteiger partial charge in [-0.3, -0.25) is 4.79 Å². The van der Waals surface area contributed by atoms with Crippen LogP contribution in [-0.4, -0.2) is 5.78 Å². The lowest BCUT2D eigenvalue weighted by Crippen LogP contribution is -2.02. The molecule has 1 rings (SSSR count). The highest BCUT2D eigenvalue weighted by atomic mass is 35.5. The molecule has 0 N–H and O–H groups in total. The molecule has 1 atom stereocenters. The van der Waals surface area contributed by atoms with Crippen LogP contribution >= 0.6 is 24.2 Å². The van der Waals surface area contributed by atoms with E-state index in [1.807, 2.05) is 25.1 Å². The van der Waals surface area contributed by atoms with Crippen LogP contribution in [0.4, 0.5) is 0 Å². The molecule has 70 valence electrons. The van der Waals surface area contributed by atoms with Crippen LogP contribution < -0.4 is 0 Å². The van der Waals surface area contributed by atoms with E-state index in [1.165, 1.54) is 6.92 Å². The maximum absolute atomic E-state index is 11.0. The number of carbonyl (C=O) groups is 1. The van der Waals surface area contributed by atoms with Crippen LogP contribution in [0, 0.1) is 6.92 Å². The Morgan fingerprint density at radius 2 is 2.15 bits per heavy atom. The Bertz CT molecular complexity index is 336. The standard InChI is InChI=1S/C10H11ClOS/c1-6-3-4-8(9(13)5-6)10(11)7(2)12/h3-5,10,13H,1-2H3. The number of halogens is 1. The van der Waals surface area contributed by atoms with Crippen molar-refractivity contribution in [2.24, 2.45) is 0 Å². The van der Waals surface area contributed by atoms with Gasteiger partial charge in [0.05, 0.1) is 0 Å². The third-order valence-corrected chi connectivity index (χ3v) is 2.75. The smallest absolute Gasteiger partial charge is 0.152 e. The van der Waals surface area contributed by atoms with E-state index in [9.17, 15) is 4.79 Å². The molecule has 1 aromatic carbocycles. The number of alkyl halides is 1. The number of hydrogen-bond donors (Lipinski definition) is 1. The third-order valence-electron chi connectivity index (χ3n) is 1.82. The zero-order chi connectivity index (χ0) is 10.0. The van der Waals surface area contributed by atoms with Crippen LogP contribution in [0.5, 0.6) is 0 Å². The number of carbonyl (C=O) groups excluding carboxylic acids is 1. The SMILES string of the molecule is CC(=O)C(Cl)c1ccc(C)cc1S. The first-order valence-corrected chi connectivity index (χ1v) is 4.84. The minimum absolute atomic E-state index is 0.0548. The molecule has 0 saturated carbocycles. The lowest BCUT2D eigenvalue weighted by atomic mass is 10.1. The summed E-state index contributed by atoms with van der Waals surface area (Å²) in [5.74, 6) is -0.0548. The molecule has 1 nitrogen and oxygen atoms in total. The molecule has 0 saturated heterocycles. The van der Waals surface area contributed by atoms with Gasteiger partial charge in [-0.05, 0) is 25.5 Å². The number of thiol groups is 1. The van der Waals surface area contributed by atoms with Crippen LogP contribution in [0.3, 0.4) is 0 Å². The number of Topliss-reactive ketones (excluding diaryl/α,β-unsaturated/α-hetero) is 1. The van der Waals surface area contributed by atoms with E-state index in [0.717, 1.165) is 16.0 Å². The van der Waals surface area contributed by atoms with Gasteiger partial charge >= 0.3 is 0 Å². The van der Waals surface area contributed by atoms with Crippen molar-refractivity contribution in [3.63, 3.8) is 0 Å². The summed E-state index contributed by atoms with van der Waals surface area (Å²) in [6, 6.07) is 5.67. The average Bonchev–Trinajstić information content (AvgIpc) is 2.03. The Hall–Kier alpha value is -0.470. The van der Waals surface area contributed by atoms with Crippen molar-refractivity contribution in [2.45, 2.75) is 24.1 Å². The molecule has 0 bridgehead atoms. The second-order valence-electron chi connectivity index (χ2n) is 3.04. The Labute approximate surface area is 88.5 Å². The Balaban J connectivity index is 3.08. The van der Waals surface area contributed by atoms with E-state index in [0.29, 0.717) is 0 Å². The van der Waals surface area contributed by atoms with Gasteiger partial charge in [0, 0.05) is 4.90 Å². The second-order valence-corrected chi connectivity index (χ2v) is 3.95. The summed E-state index contributed by atoms with van der Waals surface area (Å²) in [4.78, 5) is 11.8. The number of ketones is 1. The van der Waals surface area contributed by atoms with E-state index < -0.39 is 5.38 Å². The Kier molecular flexibility index (Phi) is 3.40. The molecule has 1 aromatic rings. The minimum Gasteiger partial charge on any atom is -0.298 e. The van der Waals surface area contributed by atoms with E-state index in [4.69, 9.17) is 11.6 Å². The Morgan fingerprint density at radius 1 is 1.54 bits per heavy atom. The van der Waals surface area contributed by atoms with E-state index in [2.05, 4.69) is 12.6 Å². The molecule has 0 aliphatic heterocycles. The number of benzene rings is 1. The quantitative estimate of drug-likeness (QED) is 0.591. The number of rotatable bonds is 2. The zero-order valence-corrected chi connectivity index (χ0v) is 9.19.